The van der Waals surface area contributed by atoms with Crippen molar-refractivity contribution >= 4 is 17.3 Å². The largest absolute Gasteiger partial charge is 0.286 e. The number of rotatable bonds is 7. The van der Waals surface area contributed by atoms with Crippen molar-refractivity contribution in [3.05, 3.63) is 96.6 Å². The van der Waals surface area contributed by atoms with Gasteiger partial charge in [0.15, 0.2) is 0 Å². The molecule has 0 bridgehead atoms. The van der Waals surface area contributed by atoms with Gasteiger partial charge in [-0.25, -0.2) is 0 Å². The molecule has 3 aromatic carbocycles. The second kappa shape index (κ2) is 11.4. The predicted octanol–water partition coefficient (Wildman–Crippen LogP) is 7.95. The van der Waals surface area contributed by atoms with Crippen LogP contribution in [0.2, 0.25) is 0 Å². The highest BCUT2D eigenvalue weighted by atomic mass is 16.2. The van der Waals surface area contributed by atoms with Crippen molar-refractivity contribution in [2.45, 2.75) is 63.8 Å². The molecule has 2 unspecified atom stereocenters. The molecule has 2 fully saturated rings. The van der Waals surface area contributed by atoms with Crippen molar-refractivity contribution in [2.75, 3.05) is 18.0 Å². The van der Waals surface area contributed by atoms with Crippen LogP contribution in [0.15, 0.2) is 91.0 Å². The van der Waals surface area contributed by atoms with Crippen LogP contribution in [0.25, 0.3) is 0 Å². The Balaban J connectivity index is 1.72. The van der Waals surface area contributed by atoms with E-state index in [0.717, 1.165) is 42.9 Å². The first-order chi connectivity index (χ1) is 17.7. The molecule has 1 aliphatic heterocycles. The third-order valence-electron chi connectivity index (χ3n) is 8.64. The smallest absolute Gasteiger partial charge is 0.256 e. The highest BCUT2D eigenvalue weighted by molar-refractivity contribution is 6.06. The average Bonchev–Trinajstić information content (AvgIpc) is 2.96. The lowest BCUT2D eigenvalue weighted by Gasteiger charge is -2.52. The number of hydrogen-bond donors (Lipinski definition) is 0. The molecule has 3 aromatic rings. The highest BCUT2D eigenvalue weighted by Crippen LogP contribution is 2.48. The lowest BCUT2D eigenvalue weighted by molar-refractivity contribution is -0.138. The van der Waals surface area contributed by atoms with Crippen LogP contribution in [0.4, 0.5) is 11.4 Å². The number of nitrogens with zero attached hydrogens (tertiary/aromatic N) is 2. The molecule has 0 radical (unpaired) electrons. The van der Waals surface area contributed by atoms with Crippen molar-refractivity contribution in [1.82, 2.24) is 4.90 Å². The maximum Gasteiger partial charge on any atom is 0.256 e. The van der Waals surface area contributed by atoms with E-state index in [0.29, 0.717) is 5.92 Å². The first-order valence-electron chi connectivity index (χ1n) is 14.0. The van der Waals surface area contributed by atoms with E-state index in [1.807, 2.05) is 41.3 Å². The number of para-hydroxylation sites is 2. The summed E-state index contributed by atoms with van der Waals surface area (Å²) in [7, 11) is 0. The van der Waals surface area contributed by atoms with Crippen LogP contribution in [-0.2, 0) is 10.3 Å². The summed E-state index contributed by atoms with van der Waals surface area (Å²) in [6.07, 6.45) is 9.84. The maximum absolute atomic E-state index is 15.4. The Morgan fingerprint density at radius 3 is 1.72 bits per heavy atom. The third-order valence-corrected chi connectivity index (χ3v) is 8.64. The van der Waals surface area contributed by atoms with Crippen molar-refractivity contribution in [2.24, 2.45) is 11.8 Å². The van der Waals surface area contributed by atoms with Crippen LogP contribution in [0.3, 0.4) is 0 Å². The van der Waals surface area contributed by atoms with Crippen molar-refractivity contribution in [3.8, 4) is 0 Å². The van der Waals surface area contributed by atoms with Gasteiger partial charge in [0.1, 0.15) is 5.54 Å². The predicted molar refractivity (Wildman–Crippen MR) is 149 cm³/mol. The van der Waals surface area contributed by atoms with E-state index in [4.69, 9.17) is 0 Å². The van der Waals surface area contributed by atoms with Crippen LogP contribution < -0.4 is 4.90 Å². The van der Waals surface area contributed by atoms with Gasteiger partial charge >= 0.3 is 0 Å². The fourth-order valence-electron chi connectivity index (χ4n) is 6.81. The topological polar surface area (TPSA) is 23.6 Å². The van der Waals surface area contributed by atoms with Gasteiger partial charge in [0.25, 0.3) is 5.91 Å². The SMILES string of the molecule is CC(C1CCCCC1)C(C(=O)N(c1ccccc1)c1ccccc1)(c1ccccc1)N1CCCCC1. The van der Waals surface area contributed by atoms with Gasteiger partial charge in [0.2, 0.25) is 0 Å². The van der Waals surface area contributed by atoms with Gasteiger partial charge in [-0.15, -0.1) is 0 Å². The monoisotopic (exact) mass is 480 g/mol. The number of carbonyl (C=O) groups excluding carboxylic acids is 1. The minimum absolute atomic E-state index is 0.186. The summed E-state index contributed by atoms with van der Waals surface area (Å²) in [6, 6.07) is 31.2. The molecule has 0 N–H and O–H groups in total. The molecule has 1 aliphatic carbocycles. The zero-order valence-corrected chi connectivity index (χ0v) is 21.7. The van der Waals surface area contributed by atoms with Crippen LogP contribution >= 0.6 is 0 Å². The first-order valence-corrected chi connectivity index (χ1v) is 14.0. The lowest BCUT2D eigenvalue weighted by atomic mass is 9.66. The minimum atomic E-state index is -0.713. The number of amides is 1. The van der Waals surface area contributed by atoms with Gasteiger partial charge in [-0.1, -0.05) is 112 Å². The summed E-state index contributed by atoms with van der Waals surface area (Å²) in [4.78, 5) is 20.0. The number of carbonyl (C=O) groups is 1. The standard InChI is InChI=1S/C33H40N2O/c1-27(28-17-7-2-8-18-28)33(29-19-9-3-10-20-29,34-25-15-6-16-26-34)32(36)35(30-21-11-4-12-22-30)31-23-13-5-14-24-31/h3-5,9-14,19-24,27-28H,2,6-8,15-18,25-26H2,1H3. The molecule has 2 atom stereocenters. The highest BCUT2D eigenvalue weighted by Gasteiger charge is 2.54. The van der Waals surface area contributed by atoms with E-state index >= 15 is 4.79 Å². The maximum atomic E-state index is 15.4. The quantitative estimate of drug-likeness (QED) is 0.342. The number of benzene rings is 3. The van der Waals surface area contributed by atoms with E-state index in [9.17, 15) is 0 Å². The number of anilines is 2. The number of hydrogen-bond acceptors (Lipinski definition) is 2. The molecular weight excluding hydrogens is 440 g/mol. The van der Waals surface area contributed by atoms with E-state index in [2.05, 4.69) is 66.4 Å². The van der Waals surface area contributed by atoms with Crippen molar-refractivity contribution < 1.29 is 4.79 Å². The molecule has 1 saturated carbocycles. The van der Waals surface area contributed by atoms with E-state index < -0.39 is 5.54 Å². The second-order valence-electron chi connectivity index (χ2n) is 10.7. The molecule has 36 heavy (non-hydrogen) atoms. The summed E-state index contributed by atoms with van der Waals surface area (Å²) >= 11 is 0. The Morgan fingerprint density at radius 2 is 1.19 bits per heavy atom. The summed E-state index contributed by atoms with van der Waals surface area (Å²) < 4.78 is 0. The van der Waals surface area contributed by atoms with Crippen LogP contribution in [0.5, 0.6) is 0 Å². The Bertz CT molecular complexity index is 1050. The normalized spacial score (nSPS) is 19.8. The van der Waals surface area contributed by atoms with Crippen molar-refractivity contribution in [3.63, 3.8) is 0 Å². The van der Waals surface area contributed by atoms with Crippen LogP contribution in [0, 0.1) is 11.8 Å². The summed E-state index contributed by atoms with van der Waals surface area (Å²) in [5.41, 5.74) is 2.30. The Morgan fingerprint density at radius 1 is 0.722 bits per heavy atom. The van der Waals surface area contributed by atoms with Crippen LogP contribution in [0.1, 0.15) is 63.9 Å². The van der Waals surface area contributed by atoms with Gasteiger partial charge in [-0.3, -0.25) is 14.6 Å². The molecule has 1 heterocycles. The van der Waals surface area contributed by atoms with E-state index in [1.54, 1.807) is 0 Å². The number of piperidine rings is 1. The fourth-order valence-corrected chi connectivity index (χ4v) is 6.81. The fraction of sp³-hybridized carbons (Fsp3) is 0.424. The molecule has 1 amide bonds. The molecular formula is C33H40N2O. The summed E-state index contributed by atoms with van der Waals surface area (Å²) in [6.45, 7) is 4.31. The Kier molecular flexibility index (Phi) is 7.87. The molecule has 5 rings (SSSR count). The molecule has 3 heteroatoms. The van der Waals surface area contributed by atoms with E-state index in [-0.39, 0.29) is 11.8 Å². The zero-order chi connectivity index (χ0) is 24.8. The minimum Gasteiger partial charge on any atom is -0.286 e. The summed E-state index contributed by atoms with van der Waals surface area (Å²) in [5.74, 6) is 0.935. The molecule has 188 valence electrons. The van der Waals surface area contributed by atoms with Crippen LogP contribution in [-0.4, -0.2) is 23.9 Å². The summed E-state index contributed by atoms with van der Waals surface area (Å²) in [5, 5.41) is 0. The van der Waals surface area contributed by atoms with Gasteiger partial charge in [-0.05, 0) is 67.6 Å². The van der Waals surface area contributed by atoms with Gasteiger partial charge in [0.05, 0.1) is 0 Å². The Hall–Kier alpha value is -2.91. The zero-order valence-electron chi connectivity index (χ0n) is 21.7. The molecule has 1 saturated heterocycles. The van der Waals surface area contributed by atoms with Gasteiger partial charge in [-0.2, -0.15) is 0 Å². The molecule has 0 spiro atoms. The number of likely N-dealkylation sites (tertiary alicyclic amines) is 1. The first kappa shape index (κ1) is 24.8. The lowest BCUT2D eigenvalue weighted by Crippen LogP contribution is -2.62. The molecule has 0 aromatic heterocycles. The third kappa shape index (κ3) is 4.74. The van der Waals surface area contributed by atoms with Gasteiger partial charge in [0, 0.05) is 11.4 Å². The average molecular weight is 481 g/mol. The van der Waals surface area contributed by atoms with E-state index in [1.165, 1.54) is 38.5 Å². The van der Waals surface area contributed by atoms with Gasteiger partial charge < -0.3 is 0 Å². The van der Waals surface area contributed by atoms with Crippen molar-refractivity contribution in [1.29, 1.82) is 0 Å². The molecule has 3 nitrogen and oxygen atoms in total. The Labute approximate surface area is 217 Å². The second-order valence-corrected chi connectivity index (χ2v) is 10.7. The molecule has 2 aliphatic rings.